The van der Waals surface area contributed by atoms with Gasteiger partial charge in [-0.25, -0.2) is 14.8 Å². The molecule has 0 saturated carbocycles. The van der Waals surface area contributed by atoms with E-state index in [4.69, 9.17) is 4.74 Å². The quantitative estimate of drug-likeness (QED) is 0.853. The molecule has 0 aliphatic rings. The first-order chi connectivity index (χ1) is 10.5. The van der Waals surface area contributed by atoms with E-state index in [2.05, 4.69) is 29.1 Å². The smallest absolute Gasteiger partial charge is 0.354 e. The van der Waals surface area contributed by atoms with E-state index in [0.717, 1.165) is 11.3 Å². The summed E-state index contributed by atoms with van der Waals surface area (Å²) >= 11 is 0. The van der Waals surface area contributed by atoms with Crippen molar-refractivity contribution in [1.82, 2.24) is 9.97 Å². The molecule has 0 aliphatic heterocycles. The fourth-order valence-corrected chi connectivity index (χ4v) is 1.83. The molecule has 116 valence electrons. The third kappa shape index (κ3) is 3.94. The van der Waals surface area contributed by atoms with Crippen LogP contribution in [0.3, 0.4) is 0 Å². The molecule has 6 nitrogen and oxygen atoms in total. The van der Waals surface area contributed by atoms with Gasteiger partial charge in [0.1, 0.15) is 11.6 Å². The standard InChI is InChI=1S/C16H19N3O3/c1-10(2)9-17-14-8-13(16(20)21)18-15(19-14)11-4-6-12(22-3)7-5-11/h4-8,10H,9H2,1-3H3,(H,20,21)(H,17,18,19). The second-order valence-electron chi connectivity index (χ2n) is 5.27. The summed E-state index contributed by atoms with van der Waals surface area (Å²) in [5.41, 5.74) is 0.698. The Morgan fingerprint density at radius 1 is 1.27 bits per heavy atom. The highest BCUT2D eigenvalue weighted by atomic mass is 16.5. The number of hydrogen-bond donors (Lipinski definition) is 2. The van der Waals surface area contributed by atoms with E-state index in [1.54, 1.807) is 31.4 Å². The molecule has 2 rings (SSSR count). The van der Waals surface area contributed by atoms with E-state index in [1.807, 2.05) is 0 Å². The zero-order chi connectivity index (χ0) is 16.1. The number of nitrogens with zero attached hydrogens (tertiary/aromatic N) is 2. The Labute approximate surface area is 129 Å². The van der Waals surface area contributed by atoms with Crippen molar-refractivity contribution in [3.05, 3.63) is 36.0 Å². The number of rotatable bonds is 6. The average molecular weight is 301 g/mol. The minimum absolute atomic E-state index is 0.0351. The molecule has 0 fully saturated rings. The van der Waals surface area contributed by atoms with Gasteiger partial charge in [-0.2, -0.15) is 0 Å². The summed E-state index contributed by atoms with van der Waals surface area (Å²) in [6.45, 7) is 4.84. The predicted octanol–water partition coefficient (Wildman–Crippen LogP) is 2.92. The number of benzene rings is 1. The van der Waals surface area contributed by atoms with Gasteiger partial charge < -0.3 is 15.2 Å². The number of carboxylic acid groups (broad SMARTS) is 1. The largest absolute Gasteiger partial charge is 0.497 e. The molecule has 2 N–H and O–H groups in total. The van der Waals surface area contributed by atoms with Crippen LogP contribution in [0.1, 0.15) is 24.3 Å². The minimum Gasteiger partial charge on any atom is -0.497 e. The number of hydrogen-bond acceptors (Lipinski definition) is 5. The third-order valence-electron chi connectivity index (χ3n) is 2.98. The molecule has 22 heavy (non-hydrogen) atoms. The Kier molecular flexibility index (Phi) is 4.93. The molecule has 1 heterocycles. The van der Waals surface area contributed by atoms with Gasteiger partial charge in [0, 0.05) is 18.2 Å². The minimum atomic E-state index is -1.08. The fourth-order valence-electron chi connectivity index (χ4n) is 1.83. The van der Waals surface area contributed by atoms with Gasteiger partial charge in [0.05, 0.1) is 7.11 Å². The first-order valence-electron chi connectivity index (χ1n) is 7.00. The van der Waals surface area contributed by atoms with E-state index < -0.39 is 5.97 Å². The Morgan fingerprint density at radius 2 is 1.95 bits per heavy atom. The lowest BCUT2D eigenvalue weighted by molar-refractivity contribution is 0.0690. The molecule has 0 unspecified atom stereocenters. The number of anilines is 1. The summed E-state index contributed by atoms with van der Waals surface area (Å²) in [6, 6.07) is 8.61. The van der Waals surface area contributed by atoms with Gasteiger partial charge in [-0.05, 0) is 30.2 Å². The highest BCUT2D eigenvalue weighted by molar-refractivity contribution is 5.87. The Balaban J connectivity index is 2.37. The van der Waals surface area contributed by atoms with Crippen LogP contribution in [0.15, 0.2) is 30.3 Å². The molecule has 1 aromatic heterocycles. The van der Waals surface area contributed by atoms with Crippen molar-refractivity contribution >= 4 is 11.8 Å². The van der Waals surface area contributed by atoms with Crippen molar-refractivity contribution < 1.29 is 14.6 Å². The lowest BCUT2D eigenvalue weighted by atomic mass is 10.2. The van der Waals surface area contributed by atoms with Gasteiger partial charge in [-0.1, -0.05) is 13.8 Å². The maximum atomic E-state index is 11.2. The first-order valence-corrected chi connectivity index (χ1v) is 7.00. The first kappa shape index (κ1) is 15.8. The van der Waals surface area contributed by atoms with Crippen molar-refractivity contribution in [2.45, 2.75) is 13.8 Å². The number of nitrogens with one attached hydrogen (secondary N) is 1. The van der Waals surface area contributed by atoms with Crippen molar-refractivity contribution in [3.63, 3.8) is 0 Å². The zero-order valence-corrected chi connectivity index (χ0v) is 12.8. The number of methoxy groups -OCH3 is 1. The number of ether oxygens (including phenoxy) is 1. The molecule has 0 aliphatic carbocycles. The van der Waals surface area contributed by atoms with Crippen LogP contribution < -0.4 is 10.1 Å². The summed E-state index contributed by atoms with van der Waals surface area (Å²) in [7, 11) is 1.59. The molecule has 0 atom stereocenters. The van der Waals surface area contributed by atoms with Crippen LogP contribution >= 0.6 is 0 Å². The number of aromatic carboxylic acids is 1. The number of aromatic nitrogens is 2. The van der Waals surface area contributed by atoms with Crippen molar-refractivity contribution in [1.29, 1.82) is 0 Å². The van der Waals surface area contributed by atoms with Crippen LogP contribution in [0.25, 0.3) is 11.4 Å². The molecule has 1 aromatic carbocycles. The molecule has 2 aromatic rings. The summed E-state index contributed by atoms with van der Waals surface area (Å²) in [4.78, 5) is 19.7. The van der Waals surface area contributed by atoms with Crippen LogP contribution in [0, 0.1) is 5.92 Å². The average Bonchev–Trinajstić information content (AvgIpc) is 2.52. The molecule has 6 heteroatoms. The lowest BCUT2D eigenvalue weighted by Gasteiger charge is -2.10. The van der Waals surface area contributed by atoms with Crippen LogP contribution in [0.4, 0.5) is 5.82 Å². The zero-order valence-electron chi connectivity index (χ0n) is 12.8. The molecule has 0 saturated heterocycles. The third-order valence-corrected chi connectivity index (χ3v) is 2.98. The summed E-state index contributed by atoms with van der Waals surface area (Å²) in [5.74, 6) is 0.939. The predicted molar refractivity (Wildman–Crippen MR) is 84.3 cm³/mol. The van der Waals surface area contributed by atoms with E-state index in [9.17, 15) is 9.90 Å². The molecule has 0 amide bonds. The van der Waals surface area contributed by atoms with Gasteiger partial charge in [-0.3, -0.25) is 0 Å². The maximum Gasteiger partial charge on any atom is 0.354 e. The second kappa shape index (κ2) is 6.89. The van der Waals surface area contributed by atoms with Crippen molar-refractivity contribution in [2.24, 2.45) is 5.92 Å². The molecule has 0 radical (unpaired) electrons. The van der Waals surface area contributed by atoms with Gasteiger partial charge in [0.15, 0.2) is 11.5 Å². The summed E-state index contributed by atoms with van der Waals surface area (Å²) < 4.78 is 5.11. The van der Waals surface area contributed by atoms with E-state index >= 15 is 0 Å². The van der Waals surface area contributed by atoms with Crippen molar-refractivity contribution in [3.8, 4) is 17.1 Å². The second-order valence-corrected chi connectivity index (χ2v) is 5.27. The Bertz CT molecular complexity index is 654. The van der Waals surface area contributed by atoms with Crippen molar-refractivity contribution in [2.75, 3.05) is 19.0 Å². The van der Waals surface area contributed by atoms with Crippen LogP contribution in [-0.2, 0) is 0 Å². The molecular formula is C16H19N3O3. The summed E-state index contributed by atoms with van der Waals surface area (Å²) in [5, 5.41) is 12.3. The van der Waals surface area contributed by atoms with Gasteiger partial charge in [0.25, 0.3) is 0 Å². The van der Waals surface area contributed by atoms with Gasteiger partial charge >= 0.3 is 5.97 Å². The normalized spacial score (nSPS) is 10.5. The van der Waals surface area contributed by atoms with Crippen LogP contribution in [0.2, 0.25) is 0 Å². The van der Waals surface area contributed by atoms with Gasteiger partial charge in [0.2, 0.25) is 0 Å². The van der Waals surface area contributed by atoms with Crippen LogP contribution in [0.5, 0.6) is 5.75 Å². The molecule has 0 spiro atoms. The maximum absolute atomic E-state index is 11.2. The highest BCUT2D eigenvalue weighted by Gasteiger charge is 2.12. The van der Waals surface area contributed by atoms with E-state index in [1.165, 1.54) is 6.07 Å². The fraction of sp³-hybridized carbons (Fsp3) is 0.312. The topological polar surface area (TPSA) is 84.3 Å². The molecular weight excluding hydrogens is 282 g/mol. The Morgan fingerprint density at radius 3 is 2.50 bits per heavy atom. The van der Waals surface area contributed by atoms with Crippen LogP contribution in [-0.4, -0.2) is 34.7 Å². The monoisotopic (exact) mass is 301 g/mol. The lowest BCUT2D eigenvalue weighted by Crippen LogP contribution is -2.12. The number of carbonyl (C=O) groups is 1. The SMILES string of the molecule is COc1ccc(-c2nc(NCC(C)C)cc(C(=O)O)n2)cc1. The Hall–Kier alpha value is -2.63. The molecule has 0 bridgehead atoms. The van der Waals surface area contributed by atoms with Gasteiger partial charge in [-0.15, -0.1) is 0 Å². The number of carboxylic acids is 1. The van der Waals surface area contributed by atoms with E-state index in [0.29, 0.717) is 24.1 Å². The highest BCUT2D eigenvalue weighted by Crippen LogP contribution is 2.21. The summed E-state index contributed by atoms with van der Waals surface area (Å²) in [6.07, 6.45) is 0. The van der Waals surface area contributed by atoms with E-state index in [-0.39, 0.29) is 5.69 Å².